The van der Waals surface area contributed by atoms with Crippen molar-refractivity contribution in [3.05, 3.63) is 121 Å². The van der Waals surface area contributed by atoms with Crippen molar-refractivity contribution in [1.29, 1.82) is 0 Å². The van der Waals surface area contributed by atoms with Gasteiger partial charge in [0, 0.05) is 0 Å². The van der Waals surface area contributed by atoms with Gasteiger partial charge in [0.15, 0.2) is 0 Å². The highest BCUT2D eigenvalue weighted by Gasteiger charge is 1.93. The molecule has 0 heterocycles. The molecule has 138 valence electrons. The van der Waals surface area contributed by atoms with E-state index in [1.165, 1.54) is 21.2 Å². The first-order valence-electron chi connectivity index (χ1n) is 8.98. The monoisotopic (exact) mass is 398 g/mol. The first-order valence-corrected chi connectivity index (χ1v) is 11.0. The third kappa shape index (κ3) is 8.33. The Labute approximate surface area is 172 Å². The van der Waals surface area contributed by atoms with Crippen molar-refractivity contribution < 1.29 is 0 Å². The van der Waals surface area contributed by atoms with Crippen LogP contribution in [0, 0.1) is 12.8 Å². The number of hydrogen-bond donors (Lipinski definition) is 0. The van der Waals surface area contributed by atoms with E-state index in [2.05, 4.69) is 134 Å². The van der Waals surface area contributed by atoms with Gasteiger partial charge in [0.1, 0.15) is 0 Å². The lowest BCUT2D eigenvalue weighted by molar-refractivity contribution is 1.76. The van der Waals surface area contributed by atoms with E-state index in [1.807, 2.05) is 0 Å². The second kappa shape index (κ2) is 13.5. The SMILES string of the molecule is C#C.c1ccc(Pc2ccccc2)cc1.c1ccc(Pc2ccccc2)cc1. The van der Waals surface area contributed by atoms with Crippen molar-refractivity contribution in [3.8, 4) is 12.8 Å². The van der Waals surface area contributed by atoms with Crippen LogP contribution in [-0.4, -0.2) is 0 Å². The number of rotatable bonds is 4. The average molecular weight is 398 g/mol. The van der Waals surface area contributed by atoms with E-state index < -0.39 is 0 Å². The van der Waals surface area contributed by atoms with Crippen molar-refractivity contribution in [2.24, 2.45) is 0 Å². The Bertz CT molecular complexity index is 751. The van der Waals surface area contributed by atoms with E-state index >= 15 is 0 Å². The Morgan fingerprint density at radius 3 is 0.679 bits per heavy atom. The zero-order chi connectivity index (χ0) is 19.9. The van der Waals surface area contributed by atoms with Gasteiger partial charge >= 0.3 is 0 Å². The quantitative estimate of drug-likeness (QED) is 0.340. The molecule has 0 aliphatic heterocycles. The average Bonchev–Trinajstić information content (AvgIpc) is 2.79. The van der Waals surface area contributed by atoms with Crippen LogP contribution in [0.1, 0.15) is 0 Å². The molecule has 0 aromatic heterocycles. The van der Waals surface area contributed by atoms with Gasteiger partial charge in [-0.25, -0.2) is 0 Å². The van der Waals surface area contributed by atoms with Gasteiger partial charge in [0.2, 0.25) is 0 Å². The summed E-state index contributed by atoms with van der Waals surface area (Å²) in [5, 5.41) is 5.59. The minimum Gasteiger partial charge on any atom is -0.124 e. The summed E-state index contributed by atoms with van der Waals surface area (Å²) in [6.45, 7) is 0. The van der Waals surface area contributed by atoms with Gasteiger partial charge in [-0.3, -0.25) is 0 Å². The predicted octanol–water partition coefficient (Wildman–Crippen LogP) is 4.88. The minimum absolute atomic E-state index is 0.777. The first-order chi connectivity index (χ1) is 13.9. The number of terminal acetylenes is 1. The van der Waals surface area contributed by atoms with E-state index in [9.17, 15) is 0 Å². The second-order valence-corrected chi connectivity index (χ2v) is 8.52. The van der Waals surface area contributed by atoms with Crippen molar-refractivity contribution >= 4 is 38.4 Å². The van der Waals surface area contributed by atoms with Crippen LogP contribution in [0.2, 0.25) is 0 Å². The van der Waals surface area contributed by atoms with Crippen molar-refractivity contribution in [3.63, 3.8) is 0 Å². The Balaban J connectivity index is 0.000000184. The smallest absolute Gasteiger partial charge is 0.0226 e. The molecule has 28 heavy (non-hydrogen) atoms. The number of benzene rings is 4. The van der Waals surface area contributed by atoms with E-state index in [1.54, 1.807) is 0 Å². The summed E-state index contributed by atoms with van der Waals surface area (Å²) in [6, 6.07) is 42.3. The van der Waals surface area contributed by atoms with Crippen molar-refractivity contribution in [2.75, 3.05) is 0 Å². The third-order valence-electron chi connectivity index (χ3n) is 3.67. The van der Waals surface area contributed by atoms with Gasteiger partial charge < -0.3 is 0 Å². The highest BCUT2D eigenvalue weighted by Crippen LogP contribution is 2.09. The summed E-state index contributed by atoms with van der Waals surface area (Å²) < 4.78 is 0. The largest absolute Gasteiger partial charge is 0.124 e. The van der Waals surface area contributed by atoms with E-state index in [4.69, 9.17) is 0 Å². The van der Waals surface area contributed by atoms with Crippen LogP contribution in [0.3, 0.4) is 0 Å². The standard InChI is InChI=1S/2C12H11P.C2H2/c2*1-3-7-11(8-4-1)13-12-9-5-2-6-10-12;1-2/h2*1-10,13H;1-2H. The Morgan fingerprint density at radius 2 is 0.500 bits per heavy atom. The fraction of sp³-hybridized carbons (Fsp3) is 0. The van der Waals surface area contributed by atoms with Crippen molar-refractivity contribution in [2.45, 2.75) is 0 Å². The van der Waals surface area contributed by atoms with Gasteiger partial charge in [-0.15, -0.1) is 12.8 Å². The molecule has 4 aromatic rings. The molecule has 0 nitrogen and oxygen atoms in total. The van der Waals surface area contributed by atoms with Crippen LogP contribution in [0.15, 0.2) is 121 Å². The van der Waals surface area contributed by atoms with Crippen LogP contribution in [0.25, 0.3) is 0 Å². The van der Waals surface area contributed by atoms with Crippen LogP contribution >= 0.6 is 17.2 Å². The van der Waals surface area contributed by atoms with Gasteiger partial charge in [-0.05, 0) is 21.2 Å². The van der Waals surface area contributed by atoms with Gasteiger partial charge in [-0.1, -0.05) is 138 Å². The van der Waals surface area contributed by atoms with Crippen LogP contribution in [0.5, 0.6) is 0 Å². The molecule has 0 N–H and O–H groups in total. The molecule has 0 saturated heterocycles. The maximum atomic E-state index is 4.00. The van der Waals surface area contributed by atoms with E-state index in [0.717, 1.165) is 17.2 Å². The highest BCUT2D eigenvalue weighted by molar-refractivity contribution is 7.55. The summed E-state index contributed by atoms with van der Waals surface area (Å²) in [7, 11) is 1.55. The summed E-state index contributed by atoms with van der Waals surface area (Å²) >= 11 is 0. The lowest BCUT2D eigenvalue weighted by Crippen LogP contribution is -2.01. The molecule has 0 radical (unpaired) electrons. The molecule has 4 aromatic carbocycles. The molecule has 0 spiro atoms. The lowest BCUT2D eigenvalue weighted by atomic mass is 10.4. The molecule has 0 atom stereocenters. The predicted molar refractivity (Wildman–Crippen MR) is 131 cm³/mol. The third-order valence-corrected chi connectivity index (χ3v) is 6.16. The fourth-order valence-corrected chi connectivity index (χ4v) is 4.52. The highest BCUT2D eigenvalue weighted by atomic mass is 31.1. The molecule has 2 heteroatoms. The minimum atomic E-state index is 0.777. The summed E-state index contributed by atoms with van der Waals surface area (Å²) in [4.78, 5) is 0. The zero-order valence-electron chi connectivity index (χ0n) is 15.7. The molecule has 0 saturated carbocycles. The Kier molecular flexibility index (Phi) is 10.4. The van der Waals surface area contributed by atoms with Gasteiger partial charge in [0.05, 0.1) is 0 Å². The normalized spacial score (nSPS) is 9.21. The molecule has 0 unspecified atom stereocenters. The Morgan fingerprint density at radius 1 is 0.321 bits per heavy atom. The van der Waals surface area contributed by atoms with Crippen LogP contribution in [-0.2, 0) is 0 Å². The van der Waals surface area contributed by atoms with Crippen LogP contribution in [0.4, 0.5) is 0 Å². The molecule has 0 bridgehead atoms. The summed E-state index contributed by atoms with van der Waals surface area (Å²) in [6.07, 6.45) is 8.00. The first kappa shape index (κ1) is 21.6. The number of hydrogen-bond acceptors (Lipinski definition) is 0. The molecule has 0 aliphatic rings. The molecule has 0 amide bonds. The summed E-state index contributed by atoms with van der Waals surface area (Å²) in [5.41, 5.74) is 0. The maximum Gasteiger partial charge on any atom is -0.0226 e. The van der Waals surface area contributed by atoms with E-state index in [-0.39, 0.29) is 0 Å². The molecule has 0 fully saturated rings. The Hall–Kier alpha value is -2.70. The van der Waals surface area contributed by atoms with E-state index in [0.29, 0.717) is 0 Å². The van der Waals surface area contributed by atoms with Gasteiger partial charge in [0.25, 0.3) is 0 Å². The maximum absolute atomic E-state index is 4.00. The zero-order valence-corrected chi connectivity index (χ0v) is 17.7. The second-order valence-electron chi connectivity index (χ2n) is 5.71. The summed E-state index contributed by atoms with van der Waals surface area (Å²) in [5.74, 6) is 0. The van der Waals surface area contributed by atoms with Crippen molar-refractivity contribution in [1.82, 2.24) is 0 Å². The lowest BCUT2D eigenvalue weighted by Gasteiger charge is -2.00. The topological polar surface area (TPSA) is 0 Å². The molecular formula is C26H24P2. The van der Waals surface area contributed by atoms with Gasteiger partial charge in [-0.2, -0.15) is 0 Å². The molecular weight excluding hydrogens is 374 g/mol. The molecule has 4 rings (SSSR count). The molecule has 0 aliphatic carbocycles. The van der Waals surface area contributed by atoms with Crippen LogP contribution < -0.4 is 21.2 Å². The fourth-order valence-electron chi connectivity index (χ4n) is 2.42.